The molecule has 1 aromatic rings. The van der Waals surface area contributed by atoms with Gasteiger partial charge in [0.1, 0.15) is 5.76 Å². The molecule has 0 bridgehead atoms. The van der Waals surface area contributed by atoms with Gasteiger partial charge in [-0.25, -0.2) is 0 Å². The van der Waals surface area contributed by atoms with Crippen molar-refractivity contribution in [3.8, 4) is 0 Å². The Morgan fingerprint density at radius 1 is 1.23 bits per heavy atom. The zero-order valence-electron chi connectivity index (χ0n) is 18.1. The first-order valence-corrected chi connectivity index (χ1v) is 11.4. The molecule has 2 N–H and O–H groups in total. The molecule has 168 valence electrons. The second-order valence-electron chi connectivity index (χ2n) is 8.29. The van der Waals surface area contributed by atoms with E-state index < -0.39 is 0 Å². The third-order valence-corrected chi connectivity index (χ3v) is 6.38. The first kappa shape index (κ1) is 23.4. The van der Waals surface area contributed by atoms with Crippen LogP contribution < -0.4 is 5.32 Å². The number of rotatable bonds is 7. The van der Waals surface area contributed by atoms with Crippen molar-refractivity contribution in [3.63, 3.8) is 0 Å². The number of allylic oxidation sites excluding steroid dienone is 2. The maximum Gasteiger partial charge on any atom is 0.236 e. The molecule has 6 nitrogen and oxygen atoms in total. The summed E-state index contributed by atoms with van der Waals surface area (Å²) in [5.41, 5.74) is 1.25. The molecule has 2 saturated heterocycles. The summed E-state index contributed by atoms with van der Waals surface area (Å²) in [5.74, 6) is 0.685. The van der Waals surface area contributed by atoms with E-state index in [9.17, 15) is 14.7 Å². The molecule has 2 aliphatic rings. The molecule has 2 amide bonds. The number of hydrogen-bond acceptors (Lipinski definition) is 4. The van der Waals surface area contributed by atoms with Crippen molar-refractivity contribution in [2.24, 2.45) is 5.92 Å². The predicted octanol–water partition coefficient (Wildman–Crippen LogP) is 3.50. The Morgan fingerprint density at radius 3 is 2.71 bits per heavy atom. The van der Waals surface area contributed by atoms with Gasteiger partial charge >= 0.3 is 0 Å². The Morgan fingerprint density at radius 2 is 2.00 bits per heavy atom. The van der Waals surface area contributed by atoms with Crippen LogP contribution in [0.25, 0.3) is 0 Å². The third kappa shape index (κ3) is 6.84. The Kier molecular flexibility index (Phi) is 8.55. The van der Waals surface area contributed by atoms with Gasteiger partial charge in [0.05, 0.1) is 12.5 Å². The van der Waals surface area contributed by atoms with Crippen LogP contribution in [0.4, 0.5) is 0 Å². The molecular formula is C24H32ClN3O3. The van der Waals surface area contributed by atoms with E-state index in [2.05, 4.69) is 16.3 Å². The number of hydrogen-bond donors (Lipinski definition) is 2. The molecule has 0 radical (unpaired) electrons. The molecule has 1 unspecified atom stereocenters. The summed E-state index contributed by atoms with van der Waals surface area (Å²) in [4.78, 5) is 29.1. The number of carbonyl (C=O) groups excluding carboxylic acids is 2. The van der Waals surface area contributed by atoms with Crippen molar-refractivity contribution in [2.45, 2.75) is 32.1 Å². The van der Waals surface area contributed by atoms with E-state index in [1.165, 1.54) is 5.56 Å². The van der Waals surface area contributed by atoms with Crippen LogP contribution >= 0.6 is 11.6 Å². The average molecular weight is 446 g/mol. The maximum atomic E-state index is 12.8. The van der Waals surface area contributed by atoms with Gasteiger partial charge in [0, 0.05) is 31.2 Å². The molecule has 0 saturated carbocycles. The summed E-state index contributed by atoms with van der Waals surface area (Å²) in [6, 6.07) is 8.01. The second kappa shape index (κ2) is 11.3. The van der Waals surface area contributed by atoms with Crippen LogP contribution in [-0.4, -0.2) is 66.0 Å². The highest BCUT2D eigenvalue weighted by molar-refractivity contribution is 6.30. The zero-order chi connectivity index (χ0) is 22.2. The van der Waals surface area contributed by atoms with E-state index in [1.54, 1.807) is 25.2 Å². The zero-order valence-corrected chi connectivity index (χ0v) is 18.9. The number of halogens is 1. The lowest BCUT2D eigenvalue weighted by atomic mass is 9.89. The fraction of sp³-hybridized carbons (Fsp3) is 0.500. The van der Waals surface area contributed by atoms with E-state index in [0.717, 1.165) is 43.9 Å². The summed E-state index contributed by atoms with van der Waals surface area (Å²) >= 11 is 6.11. The summed E-state index contributed by atoms with van der Waals surface area (Å²) in [6.07, 6.45) is 7.54. The van der Waals surface area contributed by atoms with E-state index >= 15 is 0 Å². The lowest BCUT2D eigenvalue weighted by Gasteiger charge is -2.33. The number of carbonyl (C=O) groups is 2. The fourth-order valence-electron chi connectivity index (χ4n) is 4.28. The summed E-state index contributed by atoms with van der Waals surface area (Å²) in [6.45, 7) is 5.40. The first-order valence-electron chi connectivity index (χ1n) is 11.0. The van der Waals surface area contributed by atoms with Crippen molar-refractivity contribution in [1.29, 1.82) is 0 Å². The Balaban J connectivity index is 1.39. The molecule has 2 fully saturated rings. The Labute approximate surface area is 189 Å². The third-order valence-electron chi connectivity index (χ3n) is 6.15. The molecule has 0 aliphatic carbocycles. The second-order valence-corrected chi connectivity index (χ2v) is 8.73. The number of nitrogens with zero attached hydrogens (tertiary/aromatic N) is 2. The smallest absolute Gasteiger partial charge is 0.236 e. The SMILES string of the molecule is C/C=C(O)\C=C/CNC(=O)C1CCN(CC(=O)N2CCC(c3cccc(Cl)c3)CC2)C1. The molecule has 1 atom stereocenters. The minimum absolute atomic E-state index is 0.00176. The lowest BCUT2D eigenvalue weighted by Crippen LogP contribution is -2.43. The van der Waals surface area contributed by atoms with Crippen molar-refractivity contribution in [3.05, 3.63) is 58.8 Å². The lowest BCUT2D eigenvalue weighted by molar-refractivity contribution is -0.133. The quantitative estimate of drug-likeness (QED) is 0.497. The topological polar surface area (TPSA) is 72.9 Å². The van der Waals surface area contributed by atoms with E-state index in [1.807, 2.05) is 23.1 Å². The van der Waals surface area contributed by atoms with Crippen LogP contribution in [-0.2, 0) is 9.59 Å². The minimum Gasteiger partial charge on any atom is -0.508 e. The van der Waals surface area contributed by atoms with Gasteiger partial charge in [-0.3, -0.25) is 14.5 Å². The molecule has 2 aliphatic heterocycles. The maximum absolute atomic E-state index is 12.8. The van der Waals surface area contributed by atoms with Crippen LogP contribution in [0.1, 0.15) is 37.7 Å². The monoisotopic (exact) mass is 445 g/mol. The van der Waals surface area contributed by atoms with Crippen molar-refractivity contribution >= 4 is 23.4 Å². The highest BCUT2D eigenvalue weighted by Crippen LogP contribution is 2.29. The highest BCUT2D eigenvalue weighted by Gasteiger charge is 2.31. The van der Waals surface area contributed by atoms with E-state index in [0.29, 0.717) is 25.6 Å². The van der Waals surface area contributed by atoms with E-state index in [-0.39, 0.29) is 23.5 Å². The molecule has 31 heavy (non-hydrogen) atoms. The first-order chi connectivity index (χ1) is 15.0. The summed E-state index contributed by atoms with van der Waals surface area (Å²) in [5, 5.41) is 13.0. The Hall–Kier alpha value is -2.31. The van der Waals surface area contributed by atoms with Gasteiger partial charge in [0.15, 0.2) is 0 Å². The molecule has 2 heterocycles. The van der Waals surface area contributed by atoms with Crippen LogP contribution in [0.3, 0.4) is 0 Å². The fourth-order valence-corrected chi connectivity index (χ4v) is 4.48. The van der Waals surface area contributed by atoms with Gasteiger partial charge in [-0.15, -0.1) is 0 Å². The molecule has 0 spiro atoms. The predicted molar refractivity (Wildman–Crippen MR) is 123 cm³/mol. The number of amides is 2. The van der Waals surface area contributed by atoms with Crippen molar-refractivity contribution in [2.75, 3.05) is 39.3 Å². The van der Waals surface area contributed by atoms with Crippen LogP contribution in [0.5, 0.6) is 0 Å². The van der Waals surface area contributed by atoms with Crippen LogP contribution in [0.15, 0.2) is 48.3 Å². The van der Waals surface area contributed by atoms with Crippen molar-refractivity contribution in [1.82, 2.24) is 15.1 Å². The number of nitrogens with one attached hydrogen (secondary N) is 1. The van der Waals surface area contributed by atoms with Gasteiger partial charge < -0.3 is 15.3 Å². The molecule has 0 aromatic heterocycles. The Bertz CT molecular complexity index is 831. The molecule has 1 aromatic carbocycles. The molecular weight excluding hydrogens is 414 g/mol. The van der Waals surface area contributed by atoms with Gasteiger partial charge in [-0.05, 0) is 68.5 Å². The highest BCUT2D eigenvalue weighted by atomic mass is 35.5. The van der Waals surface area contributed by atoms with Crippen LogP contribution in [0, 0.1) is 5.92 Å². The standard InChI is InChI=1S/C24H32ClN3O3/c1-2-22(29)7-4-11-26-24(31)20-8-12-27(16-20)17-23(30)28-13-9-18(10-14-28)19-5-3-6-21(25)15-19/h2-7,15,18,20,29H,8-14,16-17H2,1H3,(H,26,31)/b7-4-,22-2+. The van der Waals surface area contributed by atoms with Gasteiger partial charge in [-0.1, -0.05) is 29.8 Å². The largest absolute Gasteiger partial charge is 0.508 e. The van der Waals surface area contributed by atoms with Crippen molar-refractivity contribution < 1.29 is 14.7 Å². The molecule has 3 rings (SSSR count). The van der Waals surface area contributed by atoms with Crippen LogP contribution in [0.2, 0.25) is 5.02 Å². The van der Waals surface area contributed by atoms with Gasteiger partial charge in [-0.2, -0.15) is 0 Å². The number of aliphatic hydroxyl groups excluding tert-OH is 1. The molecule has 7 heteroatoms. The summed E-state index contributed by atoms with van der Waals surface area (Å²) < 4.78 is 0. The number of aliphatic hydroxyl groups is 1. The number of piperidine rings is 1. The minimum atomic E-state index is -0.0925. The number of benzene rings is 1. The normalized spacial score (nSPS) is 21.0. The van der Waals surface area contributed by atoms with Gasteiger partial charge in [0.25, 0.3) is 0 Å². The van der Waals surface area contributed by atoms with E-state index in [4.69, 9.17) is 11.6 Å². The number of likely N-dealkylation sites (tertiary alicyclic amines) is 2. The average Bonchev–Trinajstić information content (AvgIpc) is 3.25. The summed E-state index contributed by atoms with van der Waals surface area (Å²) in [7, 11) is 0. The van der Waals surface area contributed by atoms with Gasteiger partial charge in [0.2, 0.25) is 11.8 Å².